The summed E-state index contributed by atoms with van der Waals surface area (Å²) in [5.41, 5.74) is 1.64. The molecule has 0 aromatic heterocycles. The van der Waals surface area contributed by atoms with Crippen LogP contribution in [0.15, 0.2) is 48.5 Å². The maximum atomic E-state index is 13.4. The molecule has 0 aliphatic carbocycles. The van der Waals surface area contributed by atoms with Gasteiger partial charge in [0.15, 0.2) is 0 Å². The Balaban J connectivity index is 1.89. The molecule has 6 heteroatoms. The number of nitrogens with one attached hydrogen (secondary N) is 2. The summed E-state index contributed by atoms with van der Waals surface area (Å²) in [7, 11) is 1.69. The molecular formula is C17H18FN3O2. The monoisotopic (exact) mass is 315 g/mol. The first-order valence-electron chi connectivity index (χ1n) is 7.10. The summed E-state index contributed by atoms with van der Waals surface area (Å²) in [4.78, 5) is 24.6. The van der Waals surface area contributed by atoms with Gasteiger partial charge in [0.05, 0.1) is 12.2 Å². The van der Waals surface area contributed by atoms with Crippen molar-refractivity contribution in [1.29, 1.82) is 0 Å². The van der Waals surface area contributed by atoms with Crippen LogP contribution in [0.25, 0.3) is 0 Å². The molecule has 120 valence electrons. The van der Waals surface area contributed by atoms with Gasteiger partial charge in [-0.05, 0) is 36.4 Å². The minimum Gasteiger partial charge on any atom is -0.376 e. The van der Waals surface area contributed by atoms with Gasteiger partial charge in [-0.1, -0.05) is 12.1 Å². The van der Waals surface area contributed by atoms with E-state index in [1.54, 1.807) is 43.4 Å². The van der Waals surface area contributed by atoms with Crippen LogP contribution in [-0.2, 0) is 9.59 Å². The lowest BCUT2D eigenvalue weighted by Crippen LogP contribution is -2.23. The molecule has 2 N–H and O–H groups in total. The highest BCUT2D eigenvalue weighted by Crippen LogP contribution is 2.17. The normalized spacial score (nSPS) is 10.0. The van der Waals surface area contributed by atoms with Gasteiger partial charge in [-0.3, -0.25) is 9.59 Å². The van der Waals surface area contributed by atoms with Crippen molar-refractivity contribution in [2.24, 2.45) is 0 Å². The summed E-state index contributed by atoms with van der Waals surface area (Å²) < 4.78 is 13.4. The fraction of sp³-hybridized carbons (Fsp3) is 0.176. The van der Waals surface area contributed by atoms with Gasteiger partial charge in [0.2, 0.25) is 11.8 Å². The highest BCUT2D eigenvalue weighted by molar-refractivity contribution is 5.94. The molecule has 0 radical (unpaired) electrons. The highest BCUT2D eigenvalue weighted by atomic mass is 19.1. The van der Waals surface area contributed by atoms with Gasteiger partial charge in [-0.25, -0.2) is 4.39 Å². The summed E-state index contributed by atoms with van der Waals surface area (Å²) in [6.45, 7) is 1.50. The SMILES string of the molecule is CC(=O)N(C)c1ccc(NCC(=O)Nc2ccccc2F)cc1. The Morgan fingerprint density at radius 3 is 2.35 bits per heavy atom. The third kappa shape index (κ3) is 4.54. The van der Waals surface area contributed by atoms with Crippen LogP contribution in [0.1, 0.15) is 6.92 Å². The molecule has 2 aromatic rings. The maximum Gasteiger partial charge on any atom is 0.243 e. The van der Waals surface area contributed by atoms with E-state index in [0.717, 1.165) is 11.4 Å². The van der Waals surface area contributed by atoms with E-state index in [1.807, 2.05) is 0 Å². The first-order valence-corrected chi connectivity index (χ1v) is 7.10. The van der Waals surface area contributed by atoms with E-state index in [1.165, 1.54) is 24.0 Å². The standard InChI is InChI=1S/C17H18FN3O2/c1-12(22)21(2)14-9-7-13(8-10-14)19-11-17(23)20-16-6-4-3-5-15(16)18/h3-10,19H,11H2,1-2H3,(H,20,23). The van der Waals surface area contributed by atoms with Crippen molar-refractivity contribution in [3.63, 3.8) is 0 Å². The van der Waals surface area contributed by atoms with Gasteiger partial charge in [0.25, 0.3) is 0 Å². The van der Waals surface area contributed by atoms with E-state index < -0.39 is 5.82 Å². The molecule has 0 atom stereocenters. The number of para-hydroxylation sites is 1. The molecule has 0 spiro atoms. The lowest BCUT2D eigenvalue weighted by atomic mass is 10.2. The van der Waals surface area contributed by atoms with Crippen molar-refractivity contribution < 1.29 is 14.0 Å². The molecule has 0 aliphatic heterocycles. The number of rotatable bonds is 5. The van der Waals surface area contributed by atoms with Crippen LogP contribution < -0.4 is 15.5 Å². The molecule has 23 heavy (non-hydrogen) atoms. The first kappa shape index (κ1) is 16.5. The predicted octanol–water partition coefficient (Wildman–Crippen LogP) is 2.86. The minimum atomic E-state index is -0.475. The number of carbonyl (C=O) groups is 2. The maximum absolute atomic E-state index is 13.4. The minimum absolute atomic E-state index is 0.0101. The van der Waals surface area contributed by atoms with Crippen molar-refractivity contribution in [1.82, 2.24) is 0 Å². The number of carbonyl (C=O) groups excluding carboxylic acids is 2. The summed E-state index contributed by atoms with van der Waals surface area (Å²) in [5, 5.41) is 5.44. The lowest BCUT2D eigenvalue weighted by molar-refractivity contribution is -0.116. The molecule has 2 amide bonds. The number of hydrogen-bond donors (Lipinski definition) is 2. The smallest absolute Gasteiger partial charge is 0.243 e. The van der Waals surface area contributed by atoms with Crippen molar-refractivity contribution in [2.75, 3.05) is 29.1 Å². The zero-order valence-electron chi connectivity index (χ0n) is 13.0. The van der Waals surface area contributed by atoms with Crippen LogP contribution in [0.2, 0.25) is 0 Å². The van der Waals surface area contributed by atoms with Gasteiger partial charge < -0.3 is 15.5 Å². The number of anilines is 3. The Kier molecular flexibility index (Phi) is 5.30. The Morgan fingerprint density at radius 2 is 1.74 bits per heavy atom. The van der Waals surface area contributed by atoms with E-state index in [4.69, 9.17) is 0 Å². The van der Waals surface area contributed by atoms with Crippen LogP contribution in [-0.4, -0.2) is 25.4 Å². The quantitative estimate of drug-likeness (QED) is 0.892. The highest BCUT2D eigenvalue weighted by Gasteiger charge is 2.07. The van der Waals surface area contributed by atoms with Crippen LogP contribution in [0.3, 0.4) is 0 Å². The van der Waals surface area contributed by atoms with Crippen molar-refractivity contribution in [3.8, 4) is 0 Å². The predicted molar refractivity (Wildman–Crippen MR) is 89.0 cm³/mol. The molecule has 2 aromatic carbocycles. The number of amides is 2. The van der Waals surface area contributed by atoms with Crippen molar-refractivity contribution in [2.45, 2.75) is 6.92 Å². The molecule has 0 saturated carbocycles. The largest absolute Gasteiger partial charge is 0.376 e. The second-order valence-electron chi connectivity index (χ2n) is 5.01. The van der Waals surface area contributed by atoms with E-state index >= 15 is 0 Å². The van der Waals surface area contributed by atoms with Crippen LogP contribution >= 0.6 is 0 Å². The topological polar surface area (TPSA) is 61.4 Å². The third-order valence-corrected chi connectivity index (χ3v) is 3.33. The Bertz CT molecular complexity index is 701. The average molecular weight is 315 g/mol. The summed E-state index contributed by atoms with van der Waals surface area (Å²) >= 11 is 0. The van der Waals surface area contributed by atoms with Gasteiger partial charge in [0, 0.05) is 25.3 Å². The fourth-order valence-electron chi connectivity index (χ4n) is 1.92. The number of hydrogen-bond acceptors (Lipinski definition) is 3. The Morgan fingerprint density at radius 1 is 1.09 bits per heavy atom. The third-order valence-electron chi connectivity index (χ3n) is 3.33. The number of nitrogens with zero attached hydrogens (tertiary/aromatic N) is 1. The molecule has 2 rings (SSSR count). The van der Waals surface area contributed by atoms with E-state index in [9.17, 15) is 14.0 Å². The fourth-order valence-corrected chi connectivity index (χ4v) is 1.92. The van der Waals surface area contributed by atoms with Crippen molar-refractivity contribution >= 4 is 28.9 Å². The zero-order valence-corrected chi connectivity index (χ0v) is 13.0. The molecule has 0 unspecified atom stereocenters. The van der Waals surface area contributed by atoms with Gasteiger partial charge in [-0.2, -0.15) is 0 Å². The molecule has 0 bridgehead atoms. The number of benzene rings is 2. The first-order chi connectivity index (χ1) is 11.0. The molecular weight excluding hydrogens is 297 g/mol. The second kappa shape index (κ2) is 7.40. The summed E-state index contributed by atoms with van der Waals surface area (Å²) in [6, 6.07) is 13.1. The second-order valence-corrected chi connectivity index (χ2v) is 5.01. The lowest BCUT2D eigenvalue weighted by Gasteiger charge is -2.15. The van der Waals surface area contributed by atoms with E-state index in [2.05, 4.69) is 10.6 Å². The molecule has 0 heterocycles. The van der Waals surface area contributed by atoms with Gasteiger partial charge >= 0.3 is 0 Å². The molecule has 0 saturated heterocycles. The summed E-state index contributed by atoms with van der Waals surface area (Å²) in [6.07, 6.45) is 0. The summed E-state index contributed by atoms with van der Waals surface area (Å²) in [5.74, 6) is -0.882. The Labute approximate surface area is 134 Å². The average Bonchev–Trinajstić information content (AvgIpc) is 2.55. The van der Waals surface area contributed by atoms with Crippen molar-refractivity contribution in [3.05, 3.63) is 54.3 Å². The van der Waals surface area contributed by atoms with Crippen LogP contribution in [0, 0.1) is 5.82 Å². The van der Waals surface area contributed by atoms with Gasteiger partial charge in [0.1, 0.15) is 5.82 Å². The van der Waals surface area contributed by atoms with Crippen LogP contribution in [0.4, 0.5) is 21.5 Å². The number of halogens is 1. The molecule has 0 fully saturated rings. The molecule has 0 aliphatic rings. The Hall–Kier alpha value is -2.89. The van der Waals surface area contributed by atoms with Crippen LogP contribution in [0.5, 0.6) is 0 Å². The van der Waals surface area contributed by atoms with E-state index in [0.29, 0.717) is 0 Å². The van der Waals surface area contributed by atoms with Gasteiger partial charge in [-0.15, -0.1) is 0 Å². The molecule has 5 nitrogen and oxygen atoms in total. The van der Waals surface area contributed by atoms with E-state index in [-0.39, 0.29) is 24.0 Å². The zero-order chi connectivity index (χ0) is 16.8.